The number of nitrogens with two attached hydrogens (primary N) is 1. The molecule has 2 aromatic carbocycles. The molecule has 20 heteroatoms. The number of imide groups is 2. The van der Waals surface area contributed by atoms with Gasteiger partial charge in [0.05, 0.1) is 35.2 Å². The van der Waals surface area contributed by atoms with E-state index >= 15 is 0 Å². The average Bonchev–Trinajstić information content (AvgIpc) is 3.73. The van der Waals surface area contributed by atoms with Crippen molar-refractivity contribution in [2.45, 2.75) is 57.9 Å². The summed E-state index contributed by atoms with van der Waals surface area (Å²) in [6, 6.07) is 10.9. The number of piperidine rings is 1. The van der Waals surface area contributed by atoms with E-state index < -0.39 is 35.6 Å². The first-order chi connectivity index (χ1) is 27.8. The minimum absolute atomic E-state index is 0.0602. The van der Waals surface area contributed by atoms with Crippen molar-refractivity contribution in [3.05, 3.63) is 65.6 Å². The van der Waals surface area contributed by atoms with Gasteiger partial charge in [-0.15, -0.1) is 10.2 Å². The van der Waals surface area contributed by atoms with E-state index in [4.69, 9.17) is 10.5 Å². The molecule has 7 amide bonds. The fourth-order valence-corrected chi connectivity index (χ4v) is 6.25. The number of benzene rings is 2. The summed E-state index contributed by atoms with van der Waals surface area (Å²) in [6.45, 7) is 2.04. The second kappa shape index (κ2) is 19.1. The number of amides is 7. The lowest BCUT2D eigenvalue weighted by Gasteiger charge is -2.27. The van der Waals surface area contributed by atoms with Gasteiger partial charge in [-0.1, -0.05) is 18.9 Å². The predicted octanol–water partition coefficient (Wildman–Crippen LogP) is 2.28. The van der Waals surface area contributed by atoms with Crippen LogP contribution in [0.5, 0.6) is 5.75 Å². The van der Waals surface area contributed by atoms with Crippen LogP contribution in [0.3, 0.4) is 0 Å². The smallest absolute Gasteiger partial charge is 0.273 e. The number of nitrogens with one attached hydrogen (secondary N) is 5. The first kappa shape index (κ1) is 41.9. The molecule has 7 N–H and O–H groups in total. The number of hydrogen-bond donors (Lipinski definition) is 6. The Labute approximate surface area is 332 Å². The Morgan fingerprint density at radius 3 is 2.38 bits per heavy atom. The molecule has 2 aliphatic rings. The largest absolute Gasteiger partial charge is 0.494 e. The van der Waals surface area contributed by atoms with Crippen LogP contribution in [0.15, 0.2) is 48.8 Å². The SMILES string of the molecule is CNC(=O)c1nnc(NC(C)=O)cc1Nc1cccc(-c2ncn(C)n2)c1OC.NC(=O)CCCCCCNc1ccc2c(c1)C(=O)N(C1CCC(=O)NC1=O)C2=O. The van der Waals surface area contributed by atoms with Gasteiger partial charge in [-0.05, 0) is 49.6 Å². The van der Waals surface area contributed by atoms with Gasteiger partial charge in [-0.3, -0.25) is 48.5 Å². The second-order valence-corrected chi connectivity index (χ2v) is 13.3. The minimum atomic E-state index is -0.961. The van der Waals surface area contributed by atoms with Gasteiger partial charge in [0.1, 0.15) is 12.4 Å². The van der Waals surface area contributed by atoms with Crippen LogP contribution in [0.4, 0.5) is 22.9 Å². The molecular weight excluding hydrogens is 752 g/mol. The first-order valence-electron chi connectivity index (χ1n) is 18.4. The van der Waals surface area contributed by atoms with Crippen molar-refractivity contribution in [1.29, 1.82) is 0 Å². The third-order valence-corrected chi connectivity index (χ3v) is 8.99. The van der Waals surface area contributed by atoms with E-state index in [9.17, 15) is 33.6 Å². The van der Waals surface area contributed by atoms with Gasteiger partial charge >= 0.3 is 0 Å². The molecule has 58 heavy (non-hydrogen) atoms. The number of aromatic nitrogens is 5. The lowest BCUT2D eigenvalue weighted by atomic mass is 10.0. The lowest BCUT2D eigenvalue weighted by molar-refractivity contribution is -0.136. The highest BCUT2D eigenvalue weighted by atomic mass is 16.5. The van der Waals surface area contributed by atoms with Crippen molar-refractivity contribution >= 4 is 64.2 Å². The van der Waals surface area contributed by atoms with Gasteiger partial charge in [0.2, 0.25) is 23.6 Å². The average molecular weight is 797 g/mol. The zero-order valence-electron chi connectivity index (χ0n) is 32.4. The normalized spacial score (nSPS) is 14.5. The summed E-state index contributed by atoms with van der Waals surface area (Å²) >= 11 is 0. The van der Waals surface area contributed by atoms with E-state index in [2.05, 4.69) is 46.9 Å². The quantitative estimate of drug-likeness (QED) is 0.0744. The van der Waals surface area contributed by atoms with Crippen molar-refractivity contribution < 1.29 is 38.3 Å². The Balaban J connectivity index is 0.000000221. The van der Waals surface area contributed by atoms with Crippen LogP contribution >= 0.6 is 0 Å². The molecule has 0 radical (unpaired) electrons. The summed E-state index contributed by atoms with van der Waals surface area (Å²) in [5.74, 6) is -1.90. The third kappa shape index (κ3) is 10.1. The molecule has 2 aromatic heterocycles. The molecule has 2 aliphatic heterocycles. The Kier molecular flexibility index (Phi) is 13.8. The van der Waals surface area contributed by atoms with Crippen LogP contribution in [0.2, 0.25) is 0 Å². The Hall–Kier alpha value is -7.25. The topological polar surface area (TPSA) is 275 Å². The zero-order valence-corrected chi connectivity index (χ0v) is 32.4. The van der Waals surface area contributed by atoms with Gasteiger partial charge in [-0.25, -0.2) is 4.98 Å². The number of unbranched alkanes of at least 4 members (excludes halogenated alkanes) is 3. The Morgan fingerprint density at radius 1 is 0.948 bits per heavy atom. The van der Waals surface area contributed by atoms with E-state index in [0.717, 1.165) is 30.6 Å². The Morgan fingerprint density at radius 2 is 1.71 bits per heavy atom. The van der Waals surface area contributed by atoms with Crippen molar-refractivity contribution in [1.82, 2.24) is 40.5 Å². The maximum Gasteiger partial charge on any atom is 0.273 e. The van der Waals surface area contributed by atoms with Crippen molar-refractivity contribution in [3.63, 3.8) is 0 Å². The fraction of sp³-hybridized carbons (Fsp3) is 0.342. The molecule has 1 fully saturated rings. The molecular formula is C38H44N12O8. The number of hydrogen-bond acceptors (Lipinski definition) is 14. The summed E-state index contributed by atoms with van der Waals surface area (Å²) in [5, 5.41) is 25.7. The highest BCUT2D eigenvalue weighted by Gasteiger charge is 2.44. The number of fused-ring (bicyclic) bond motifs is 1. The summed E-state index contributed by atoms with van der Waals surface area (Å²) < 4.78 is 7.16. The molecule has 20 nitrogen and oxygen atoms in total. The molecule has 6 rings (SSSR count). The molecule has 1 unspecified atom stereocenters. The summed E-state index contributed by atoms with van der Waals surface area (Å²) in [6.07, 6.45) is 5.76. The highest BCUT2D eigenvalue weighted by Crippen LogP contribution is 2.37. The van der Waals surface area contributed by atoms with Crippen LogP contribution in [-0.2, 0) is 26.2 Å². The number of carbonyl (C=O) groups excluding carboxylic acids is 7. The minimum Gasteiger partial charge on any atom is -0.494 e. The van der Waals surface area contributed by atoms with Crippen molar-refractivity contribution in [2.75, 3.05) is 36.7 Å². The van der Waals surface area contributed by atoms with Gasteiger partial charge in [0, 0.05) is 52.2 Å². The maximum absolute atomic E-state index is 12.8. The lowest BCUT2D eigenvalue weighted by Crippen LogP contribution is -2.54. The van der Waals surface area contributed by atoms with Crippen LogP contribution in [0, 0.1) is 0 Å². The standard InChI is InChI=1S/C20H24N4O5.C18H20N8O3/c21-16(25)5-3-1-2-4-10-22-12-6-7-13-14(11-12)20(29)24(19(13)28)15-8-9-17(26)23-18(15)27;1-10(27)21-14-8-13(15(24-23-14)18(28)19-2)22-12-7-5-6-11(16(12)29-4)17-20-9-26(3)25-17/h6-7,11,15,22H,1-5,8-10H2,(H2,21,25)(H,23,26,27);5-9H,1-4H3,(H,19,28)(H2,21,22,23,27). The predicted molar refractivity (Wildman–Crippen MR) is 210 cm³/mol. The molecule has 1 saturated heterocycles. The molecule has 0 aliphatic carbocycles. The van der Waals surface area contributed by atoms with E-state index in [1.165, 1.54) is 27.1 Å². The van der Waals surface area contributed by atoms with Crippen LogP contribution in [-0.4, -0.2) is 98.0 Å². The van der Waals surface area contributed by atoms with Crippen molar-refractivity contribution in [3.8, 4) is 17.1 Å². The second-order valence-electron chi connectivity index (χ2n) is 13.3. The first-order valence-corrected chi connectivity index (χ1v) is 18.4. The number of aryl methyl sites for hydroxylation is 1. The molecule has 4 aromatic rings. The number of primary amides is 1. The van der Waals surface area contributed by atoms with Gasteiger partial charge < -0.3 is 31.7 Å². The molecule has 0 spiro atoms. The number of para-hydroxylation sites is 1. The molecule has 0 saturated carbocycles. The van der Waals surface area contributed by atoms with Crippen LogP contribution in [0.25, 0.3) is 11.4 Å². The van der Waals surface area contributed by atoms with Gasteiger partial charge in [-0.2, -0.15) is 5.10 Å². The number of rotatable bonds is 15. The summed E-state index contributed by atoms with van der Waals surface area (Å²) in [5.41, 5.74) is 7.96. The summed E-state index contributed by atoms with van der Waals surface area (Å²) in [4.78, 5) is 88.3. The number of methoxy groups -OCH3 is 1. The number of carbonyl (C=O) groups is 7. The van der Waals surface area contributed by atoms with Crippen molar-refractivity contribution in [2.24, 2.45) is 12.8 Å². The van der Waals surface area contributed by atoms with E-state index in [1.807, 2.05) is 6.07 Å². The fourth-order valence-electron chi connectivity index (χ4n) is 6.25. The number of anilines is 4. The molecule has 0 bridgehead atoms. The van der Waals surface area contributed by atoms with E-state index in [1.54, 1.807) is 48.4 Å². The molecule has 4 heterocycles. The Bertz CT molecular complexity index is 2240. The van der Waals surface area contributed by atoms with Crippen LogP contribution < -0.4 is 37.1 Å². The van der Waals surface area contributed by atoms with E-state index in [-0.39, 0.29) is 47.3 Å². The highest BCUT2D eigenvalue weighted by molar-refractivity contribution is 6.23. The monoisotopic (exact) mass is 796 g/mol. The molecule has 1 atom stereocenters. The number of ether oxygens (including phenoxy) is 1. The summed E-state index contributed by atoms with van der Waals surface area (Å²) in [7, 11) is 4.79. The number of nitrogens with zero attached hydrogens (tertiary/aromatic N) is 6. The zero-order chi connectivity index (χ0) is 41.9. The maximum atomic E-state index is 12.8. The van der Waals surface area contributed by atoms with E-state index in [0.29, 0.717) is 47.2 Å². The third-order valence-electron chi connectivity index (χ3n) is 8.99. The van der Waals surface area contributed by atoms with Gasteiger partial charge in [0.15, 0.2) is 23.1 Å². The molecule has 304 valence electrons. The van der Waals surface area contributed by atoms with Gasteiger partial charge in [0.25, 0.3) is 17.7 Å². The van der Waals surface area contributed by atoms with Crippen LogP contribution in [0.1, 0.15) is 83.1 Å².